The van der Waals surface area contributed by atoms with E-state index < -0.39 is 10.0 Å². The summed E-state index contributed by atoms with van der Waals surface area (Å²) in [4.78, 5) is 14.6. The van der Waals surface area contributed by atoms with Crippen LogP contribution in [0.15, 0.2) is 71.6 Å². The van der Waals surface area contributed by atoms with Crippen molar-refractivity contribution in [3.05, 3.63) is 88.7 Å². The Hall–Kier alpha value is -2.94. The molecule has 1 aromatic heterocycles. The normalized spacial score (nSPS) is 15.3. The highest BCUT2D eigenvalue weighted by Crippen LogP contribution is 2.23. The first-order chi connectivity index (χ1) is 15.9. The number of aryl methyl sites for hydroxylation is 1. The molecule has 1 saturated heterocycles. The molecule has 9 heteroatoms. The van der Waals surface area contributed by atoms with Gasteiger partial charge in [-0.25, -0.2) is 13.1 Å². The second kappa shape index (κ2) is 9.91. The van der Waals surface area contributed by atoms with Gasteiger partial charge in [-0.2, -0.15) is 9.40 Å². The van der Waals surface area contributed by atoms with Crippen LogP contribution >= 0.6 is 11.6 Å². The number of piperazine rings is 1. The number of halogens is 1. The van der Waals surface area contributed by atoms with E-state index in [0.717, 1.165) is 11.3 Å². The van der Waals surface area contributed by atoms with Crippen LogP contribution in [-0.2, 0) is 21.4 Å². The molecular weight excluding hydrogens is 460 g/mol. The fourth-order valence-corrected chi connectivity index (χ4v) is 5.51. The predicted molar refractivity (Wildman–Crippen MR) is 128 cm³/mol. The van der Waals surface area contributed by atoms with E-state index >= 15 is 0 Å². The highest BCUT2D eigenvalue weighted by Gasteiger charge is 2.29. The molecule has 7 nitrogen and oxygen atoms in total. The zero-order chi connectivity index (χ0) is 23.4. The third-order valence-electron chi connectivity index (χ3n) is 5.61. The molecule has 0 radical (unpaired) electrons. The highest BCUT2D eigenvalue weighted by molar-refractivity contribution is 7.89. The Kier molecular flexibility index (Phi) is 6.97. The first kappa shape index (κ1) is 23.2. The maximum atomic E-state index is 12.8. The van der Waals surface area contributed by atoms with E-state index in [1.165, 1.54) is 10.4 Å². The molecule has 0 saturated carbocycles. The van der Waals surface area contributed by atoms with Gasteiger partial charge >= 0.3 is 0 Å². The average molecular weight is 485 g/mol. The number of hydrogen-bond acceptors (Lipinski definition) is 4. The average Bonchev–Trinajstić information content (AvgIpc) is 3.10. The van der Waals surface area contributed by atoms with Crippen LogP contribution in [0.5, 0.6) is 0 Å². The van der Waals surface area contributed by atoms with Crippen molar-refractivity contribution >= 4 is 33.6 Å². The summed E-state index contributed by atoms with van der Waals surface area (Å²) in [5.74, 6) is -0.182. The van der Waals surface area contributed by atoms with Crippen LogP contribution in [-0.4, -0.2) is 59.5 Å². The summed E-state index contributed by atoms with van der Waals surface area (Å²) in [6.07, 6.45) is 3.16. The topological polar surface area (TPSA) is 75.5 Å². The van der Waals surface area contributed by atoms with Crippen molar-refractivity contribution in [3.8, 4) is 0 Å². The van der Waals surface area contributed by atoms with Gasteiger partial charge in [0.05, 0.1) is 17.1 Å². The van der Waals surface area contributed by atoms with E-state index in [9.17, 15) is 13.2 Å². The van der Waals surface area contributed by atoms with Crippen LogP contribution in [0.3, 0.4) is 0 Å². The molecule has 0 bridgehead atoms. The van der Waals surface area contributed by atoms with Crippen LogP contribution < -0.4 is 0 Å². The molecule has 0 aliphatic carbocycles. The van der Waals surface area contributed by atoms with Crippen molar-refractivity contribution in [2.24, 2.45) is 0 Å². The van der Waals surface area contributed by atoms with Crippen molar-refractivity contribution in [1.29, 1.82) is 0 Å². The maximum absolute atomic E-state index is 12.8. The smallest absolute Gasteiger partial charge is 0.246 e. The molecule has 1 aliphatic heterocycles. The van der Waals surface area contributed by atoms with Crippen LogP contribution in [0.4, 0.5) is 0 Å². The lowest BCUT2D eigenvalue weighted by atomic mass is 10.2. The minimum Gasteiger partial charge on any atom is -0.337 e. The van der Waals surface area contributed by atoms with Crippen LogP contribution in [0.2, 0.25) is 5.15 Å². The summed E-state index contributed by atoms with van der Waals surface area (Å²) in [7, 11) is -3.55. The van der Waals surface area contributed by atoms with Gasteiger partial charge in [0, 0.05) is 37.8 Å². The second-order valence-corrected chi connectivity index (χ2v) is 10.1. The number of nitrogens with zero attached hydrogens (tertiary/aromatic N) is 4. The molecule has 172 valence electrons. The van der Waals surface area contributed by atoms with E-state index in [4.69, 9.17) is 11.6 Å². The fourth-order valence-electron chi connectivity index (χ4n) is 3.77. The Morgan fingerprint density at radius 1 is 1.00 bits per heavy atom. The molecular formula is C24H25ClN4O3S. The third kappa shape index (κ3) is 5.19. The van der Waals surface area contributed by atoms with Crippen molar-refractivity contribution in [3.63, 3.8) is 0 Å². The van der Waals surface area contributed by atoms with Gasteiger partial charge in [0.2, 0.25) is 15.9 Å². The molecule has 33 heavy (non-hydrogen) atoms. The Labute approximate surface area is 198 Å². The SMILES string of the molecule is Cc1nn(Cc2ccccc2)c(Cl)c1/C=C/C(=O)N1CCN(S(=O)(=O)c2ccccc2)CC1. The lowest BCUT2D eigenvalue weighted by Crippen LogP contribution is -2.50. The Balaban J connectivity index is 1.39. The van der Waals surface area contributed by atoms with Crippen molar-refractivity contribution in [1.82, 2.24) is 19.0 Å². The van der Waals surface area contributed by atoms with E-state index in [0.29, 0.717) is 30.4 Å². The predicted octanol–water partition coefficient (Wildman–Crippen LogP) is 3.44. The molecule has 0 spiro atoms. The number of rotatable bonds is 6. The highest BCUT2D eigenvalue weighted by atomic mass is 35.5. The lowest BCUT2D eigenvalue weighted by molar-refractivity contribution is -0.127. The van der Waals surface area contributed by atoms with Gasteiger partial charge in [0.25, 0.3) is 0 Å². The van der Waals surface area contributed by atoms with Crippen LogP contribution in [0, 0.1) is 6.92 Å². The van der Waals surface area contributed by atoms with Gasteiger partial charge in [-0.15, -0.1) is 0 Å². The molecule has 3 aromatic rings. The molecule has 4 rings (SSSR count). The molecule has 1 amide bonds. The number of benzene rings is 2. The van der Waals surface area contributed by atoms with Gasteiger partial charge in [-0.3, -0.25) is 4.79 Å². The second-order valence-electron chi connectivity index (χ2n) is 7.81. The Morgan fingerprint density at radius 3 is 2.24 bits per heavy atom. The molecule has 2 heterocycles. The zero-order valence-electron chi connectivity index (χ0n) is 18.3. The molecule has 2 aromatic carbocycles. The van der Waals surface area contributed by atoms with Gasteiger partial charge in [-0.05, 0) is 30.7 Å². The summed E-state index contributed by atoms with van der Waals surface area (Å²) < 4.78 is 28.7. The number of hydrogen-bond donors (Lipinski definition) is 0. The lowest BCUT2D eigenvalue weighted by Gasteiger charge is -2.33. The monoisotopic (exact) mass is 484 g/mol. The van der Waals surface area contributed by atoms with Gasteiger partial charge in [0.1, 0.15) is 5.15 Å². The van der Waals surface area contributed by atoms with Gasteiger partial charge < -0.3 is 4.90 Å². The van der Waals surface area contributed by atoms with E-state index in [1.54, 1.807) is 46.0 Å². The van der Waals surface area contributed by atoms with Gasteiger partial charge in [-0.1, -0.05) is 60.1 Å². The van der Waals surface area contributed by atoms with Crippen LogP contribution in [0.25, 0.3) is 6.08 Å². The summed E-state index contributed by atoms with van der Waals surface area (Å²) in [5.41, 5.74) is 2.52. The summed E-state index contributed by atoms with van der Waals surface area (Å²) in [6, 6.07) is 18.2. The zero-order valence-corrected chi connectivity index (χ0v) is 19.8. The first-order valence-electron chi connectivity index (χ1n) is 10.7. The van der Waals surface area contributed by atoms with Crippen molar-refractivity contribution in [2.75, 3.05) is 26.2 Å². The number of carbonyl (C=O) groups is 1. The molecule has 1 aliphatic rings. The maximum Gasteiger partial charge on any atom is 0.246 e. The number of aromatic nitrogens is 2. The number of carbonyl (C=O) groups excluding carboxylic acids is 1. The summed E-state index contributed by atoms with van der Waals surface area (Å²) in [6.45, 7) is 3.56. The van der Waals surface area contributed by atoms with Gasteiger partial charge in [0.15, 0.2) is 0 Å². The third-order valence-corrected chi connectivity index (χ3v) is 7.92. The minimum absolute atomic E-state index is 0.182. The number of amides is 1. The molecule has 1 fully saturated rings. The minimum atomic E-state index is -3.55. The fraction of sp³-hybridized carbons (Fsp3) is 0.250. The molecule has 0 atom stereocenters. The largest absolute Gasteiger partial charge is 0.337 e. The standard InChI is InChI=1S/C24H25ClN4O3S/c1-19-22(24(25)29(26-19)18-20-8-4-2-5-9-20)12-13-23(30)27-14-16-28(17-15-27)33(31,32)21-10-6-3-7-11-21/h2-13H,14-18H2,1H3/b13-12+. The quantitative estimate of drug-likeness (QED) is 0.502. The van der Waals surface area contributed by atoms with E-state index in [2.05, 4.69) is 5.10 Å². The van der Waals surface area contributed by atoms with Crippen LogP contribution in [0.1, 0.15) is 16.8 Å². The van der Waals surface area contributed by atoms with Crippen molar-refractivity contribution in [2.45, 2.75) is 18.4 Å². The van der Waals surface area contributed by atoms with E-state index in [-0.39, 0.29) is 23.9 Å². The Morgan fingerprint density at radius 2 is 1.61 bits per heavy atom. The summed E-state index contributed by atoms with van der Waals surface area (Å²) in [5, 5.41) is 4.97. The summed E-state index contributed by atoms with van der Waals surface area (Å²) >= 11 is 6.53. The molecule has 0 unspecified atom stereocenters. The van der Waals surface area contributed by atoms with E-state index in [1.807, 2.05) is 37.3 Å². The van der Waals surface area contributed by atoms with Crippen molar-refractivity contribution < 1.29 is 13.2 Å². The first-order valence-corrected chi connectivity index (χ1v) is 12.5. The number of sulfonamides is 1. The molecule has 0 N–H and O–H groups in total. The Bertz CT molecular complexity index is 1250.